The molecule has 0 aliphatic heterocycles. The Balaban J connectivity index is 2.57. The molecule has 3 atom stereocenters. The van der Waals surface area contributed by atoms with Gasteiger partial charge < -0.3 is 10.8 Å². The summed E-state index contributed by atoms with van der Waals surface area (Å²) in [6.45, 7) is 7.13. The Morgan fingerprint density at radius 1 is 1.21 bits per heavy atom. The van der Waals surface area contributed by atoms with Gasteiger partial charge in [0.05, 0.1) is 5.60 Å². The van der Waals surface area contributed by atoms with Crippen LogP contribution in [-0.4, -0.2) is 17.3 Å². The van der Waals surface area contributed by atoms with E-state index in [1.54, 1.807) is 0 Å². The van der Waals surface area contributed by atoms with Gasteiger partial charge in [-0.25, -0.2) is 0 Å². The highest BCUT2D eigenvalue weighted by molar-refractivity contribution is 4.87. The predicted octanol–water partition coefficient (Wildman–Crippen LogP) is 2.16. The Kier molecular flexibility index (Phi) is 3.96. The van der Waals surface area contributed by atoms with Crippen LogP contribution in [0.2, 0.25) is 0 Å². The first-order chi connectivity index (χ1) is 6.45. The minimum atomic E-state index is -0.544. The first kappa shape index (κ1) is 12.0. The van der Waals surface area contributed by atoms with E-state index < -0.39 is 5.60 Å². The number of nitrogens with two attached hydrogens (primary N) is 1. The summed E-state index contributed by atoms with van der Waals surface area (Å²) in [5.41, 5.74) is 4.99. The molecule has 1 fully saturated rings. The van der Waals surface area contributed by atoms with Gasteiger partial charge in [-0.2, -0.15) is 0 Å². The Labute approximate surface area is 87.9 Å². The van der Waals surface area contributed by atoms with Crippen LogP contribution in [0.15, 0.2) is 0 Å². The molecule has 0 aromatic carbocycles. The van der Waals surface area contributed by atoms with Gasteiger partial charge in [0.1, 0.15) is 0 Å². The molecule has 14 heavy (non-hydrogen) atoms. The highest BCUT2D eigenvalue weighted by Gasteiger charge is 2.36. The van der Waals surface area contributed by atoms with Crippen LogP contribution < -0.4 is 5.73 Å². The van der Waals surface area contributed by atoms with Crippen LogP contribution in [-0.2, 0) is 0 Å². The molecule has 0 bridgehead atoms. The SMILES string of the molecule is CC1CC(C)CC(C(C)(O)CCN)C1. The van der Waals surface area contributed by atoms with Crippen molar-refractivity contribution >= 4 is 0 Å². The molecular weight excluding hydrogens is 174 g/mol. The normalized spacial score (nSPS) is 37.9. The zero-order valence-corrected chi connectivity index (χ0v) is 9.79. The largest absolute Gasteiger partial charge is 0.390 e. The first-order valence-corrected chi connectivity index (χ1v) is 5.88. The highest BCUT2D eigenvalue weighted by Crippen LogP contribution is 2.39. The summed E-state index contributed by atoms with van der Waals surface area (Å²) < 4.78 is 0. The van der Waals surface area contributed by atoms with Crippen molar-refractivity contribution in [1.29, 1.82) is 0 Å². The topological polar surface area (TPSA) is 46.2 Å². The zero-order chi connectivity index (χ0) is 10.8. The van der Waals surface area contributed by atoms with Crippen LogP contribution in [0.25, 0.3) is 0 Å². The second-order valence-electron chi connectivity index (χ2n) is 5.51. The lowest BCUT2D eigenvalue weighted by atomic mass is 9.69. The van der Waals surface area contributed by atoms with Gasteiger partial charge in [0.15, 0.2) is 0 Å². The Morgan fingerprint density at radius 2 is 1.71 bits per heavy atom. The number of rotatable bonds is 3. The molecule has 0 heterocycles. The van der Waals surface area contributed by atoms with Crippen molar-refractivity contribution in [3.05, 3.63) is 0 Å². The monoisotopic (exact) mass is 199 g/mol. The fraction of sp³-hybridized carbons (Fsp3) is 1.00. The van der Waals surface area contributed by atoms with Crippen LogP contribution >= 0.6 is 0 Å². The molecule has 1 aliphatic carbocycles. The Morgan fingerprint density at radius 3 is 2.14 bits per heavy atom. The van der Waals surface area contributed by atoms with Crippen LogP contribution in [0.5, 0.6) is 0 Å². The summed E-state index contributed by atoms with van der Waals surface area (Å²) in [7, 11) is 0. The molecule has 1 aliphatic rings. The molecule has 0 spiro atoms. The summed E-state index contributed by atoms with van der Waals surface area (Å²) in [6, 6.07) is 0. The van der Waals surface area contributed by atoms with Gasteiger partial charge in [0.25, 0.3) is 0 Å². The van der Waals surface area contributed by atoms with E-state index in [4.69, 9.17) is 5.73 Å². The third-order valence-corrected chi connectivity index (χ3v) is 3.71. The van der Waals surface area contributed by atoms with E-state index in [0.29, 0.717) is 12.5 Å². The van der Waals surface area contributed by atoms with E-state index in [1.807, 2.05) is 6.92 Å². The molecule has 2 heteroatoms. The molecule has 0 amide bonds. The van der Waals surface area contributed by atoms with Gasteiger partial charge in [0.2, 0.25) is 0 Å². The van der Waals surface area contributed by atoms with Gasteiger partial charge in [-0.15, -0.1) is 0 Å². The lowest BCUT2D eigenvalue weighted by Crippen LogP contribution is -2.40. The van der Waals surface area contributed by atoms with Crippen molar-refractivity contribution in [2.24, 2.45) is 23.5 Å². The van der Waals surface area contributed by atoms with Crippen LogP contribution in [0.4, 0.5) is 0 Å². The fourth-order valence-electron chi connectivity index (χ4n) is 2.95. The summed E-state index contributed by atoms with van der Waals surface area (Å²) in [6.07, 6.45) is 4.38. The maximum atomic E-state index is 10.3. The van der Waals surface area contributed by atoms with Crippen molar-refractivity contribution in [2.45, 2.75) is 52.1 Å². The number of hydrogen-bond donors (Lipinski definition) is 2. The third-order valence-electron chi connectivity index (χ3n) is 3.71. The summed E-state index contributed by atoms with van der Waals surface area (Å²) in [5, 5.41) is 10.3. The standard InChI is InChI=1S/C12H25NO/c1-9-6-10(2)8-11(7-9)12(3,14)4-5-13/h9-11,14H,4-8,13H2,1-3H3. The van der Waals surface area contributed by atoms with Gasteiger partial charge in [-0.05, 0) is 56.9 Å². The molecule has 1 rings (SSSR count). The van der Waals surface area contributed by atoms with Crippen molar-refractivity contribution in [3.8, 4) is 0 Å². The van der Waals surface area contributed by atoms with E-state index in [1.165, 1.54) is 6.42 Å². The molecule has 3 N–H and O–H groups in total. The van der Waals surface area contributed by atoms with Crippen LogP contribution in [0, 0.1) is 17.8 Å². The maximum absolute atomic E-state index is 10.3. The minimum Gasteiger partial charge on any atom is -0.390 e. The van der Waals surface area contributed by atoms with E-state index >= 15 is 0 Å². The molecule has 0 aromatic rings. The second kappa shape index (κ2) is 4.63. The molecule has 0 saturated heterocycles. The lowest BCUT2D eigenvalue weighted by Gasteiger charge is -2.40. The summed E-state index contributed by atoms with van der Waals surface area (Å²) >= 11 is 0. The quantitative estimate of drug-likeness (QED) is 0.731. The van der Waals surface area contributed by atoms with Crippen LogP contribution in [0.1, 0.15) is 46.5 Å². The third kappa shape index (κ3) is 2.96. The molecule has 0 aromatic heterocycles. The second-order valence-corrected chi connectivity index (χ2v) is 5.51. The van der Waals surface area contributed by atoms with Gasteiger partial charge >= 0.3 is 0 Å². The maximum Gasteiger partial charge on any atom is 0.0660 e. The van der Waals surface area contributed by atoms with Crippen molar-refractivity contribution in [1.82, 2.24) is 0 Å². The average Bonchev–Trinajstić information content (AvgIpc) is 2.02. The molecule has 2 nitrogen and oxygen atoms in total. The zero-order valence-electron chi connectivity index (χ0n) is 9.79. The van der Waals surface area contributed by atoms with Crippen molar-refractivity contribution < 1.29 is 5.11 Å². The van der Waals surface area contributed by atoms with Gasteiger partial charge in [0, 0.05) is 0 Å². The minimum absolute atomic E-state index is 0.449. The average molecular weight is 199 g/mol. The summed E-state index contributed by atoms with van der Waals surface area (Å²) in [4.78, 5) is 0. The van der Waals surface area contributed by atoms with Crippen LogP contribution in [0.3, 0.4) is 0 Å². The number of aliphatic hydroxyl groups is 1. The predicted molar refractivity (Wildman–Crippen MR) is 60.0 cm³/mol. The molecule has 3 unspecified atom stereocenters. The summed E-state index contributed by atoms with van der Waals surface area (Å²) in [5.74, 6) is 1.96. The lowest BCUT2D eigenvalue weighted by molar-refractivity contribution is -0.0379. The van der Waals surface area contributed by atoms with Gasteiger partial charge in [-0.1, -0.05) is 13.8 Å². The van der Waals surface area contributed by atoms with E-state index in [2.05, 4.69) is 13.8 Å². The Hall–Kier alpha value is -0.0800. The van der Waals surface area contributed by atoms with Crippen molar-refractivity contribution in [3.63, 3.8) is 0 Å². The van der Waals surface area contributed by atoms with E-state index in [9.17, 15) is 5.11 Å². The Bertz CT molecular complexity index is 169. The molecule has 1 saturated carbocycles. The number of hydrogen-bond acceptors (Lipinski definition) is 2. The van der Waals surface area contributed by atoms with Gasteiger partial charge in [-0.3, -0.25) is 0 Å². The molecule has 84 valence electrons. The van der Waals surface area contributed by atoms with E-state index in [0.717, 1.165) is 31.1 Å². The highest BCUT2D eigenvalue weighted by atomic mass is 16.3. The van der Waals surface area contributed by atoms with E-state index in [-0.39, 0.29) is 0 Å². The molecule has 0 radical (unpaired) electrons. The fourth-order valence-corrected chi connectivity index (χ4v) is 2.95. The molecular formula is C12H25NO. The smallest absolute Gasteiger partial charge is 0.0660 e. The first-order valence-electron chi connectivity index (χ1n) is 5.88. The van der Waals surface area contributed by atoms with Crippen molar-refractivity contribution in [2.75, 3.05) is 6.54 Å².